The Morgan fingerprint density at radius 3 is 2.60 bits per heavy atom. The maximum absolute atomic E-state index is 12.3. The summed E-state index contributed by atoms with van der Waals surface area (Å²) in [6, 6.07) is 7.10. The molecule has 0 bridgehead atoms. The first-order valence-electron chi connectivity index (χ1n) is 7.20. The molecule has 0 amide bonds. The molecule has 0 aliphatic heterocycles. The number of imidazole rings is 1. The van der Waals surface area contributed by atoms with E-state index >= 15 is 0 Å². The van der Waals surface area contributed by atoms with E-state index in [0.717, 1.165) is 17.3 Å². The lowest BCUT2D eigenvalue weighted by molar-refractivity contribution is -0.700. The van der Waals surface area contributed by atoms with Crippen LogP contribution in [0.2, 0.25) is 5.02 Å². The van der Waals surface area contributed by atoms with Gasteiger partial charge >= 0.3 is 22.4 Å². The average Bonchev–Trinajstić information content (AvgIpc) is 2.92. The van der Waals surface area contributed by atoms with Crippen LogP contribution in [0.25, 0.3) is 11.2 Å². The number of thioether (sulfide) groups is 1. The van der Waals surface area contributed by atoms with Crippen molar-refractivity contribution in [2.24, 2.45) is 7.05 Å². The molecule has 2 heterocycles. The Labute approximate surface area is 150 Å². The van der Waals surface area contributed by atoms with E-state index in [4.69, 9.17) is 16.7 Å². The molecule has 0 saturated heterocycles. The number of nitrogens with one attached hydrogen (secondary N) is 2. The van der Waals surface area contributed by atoms with Crippen LogP contribution >= 0.6 is 23.4 Å². The van der Waals surface area contributed by atoms with Gasteiger partial charge in [-0.05, 0) is 29.5 Å². The van der Waals surface area contributed by atoms with Crippen LogP contribution in [-0.2, 0) is 18.4 Å². The monoisotopic (exact) mass is 381 g/mol. The number of nitrogens with zero attached hydrogens (tertiary/aromatic N) is 2. The smallest absolute Gasteiger partial charge is 0.331 e. The molecule has 0 aliphatic carbocycles. The first-order chi connectivity index (χ1) is 11.9. The van der Waals surface area contributed by atoms with E-state index in [1.165, 1.54) is 11.6 Å². The molecule has 0 atom stereocenters. The first kappa shape index (κ1) is 17.3. The number of aromatic amines is 2. The van der Waals surface area contributed by atoms with Gasteiger partial charge in [0.05, 0.1) is 0 Å². The molecule has 3 N–H and O–H groups in total. The molecule has 0 aliphatic rings. The quantitative estimate of drug-likeness (QED) is 0.445. The van der Waals surface area contributed by atoms with Crippen molar-refractivity contribution in [3.8, 4) is 0 Å². The number of carboxylic acid groups (broad SMARTS) is 1. The van der Waals surface area contributed by atoms with Crippen molar-refractivity contribution < 1.29 is 14.5 Å². The van der Waals surface area contributed by atoms with Gasteiger partial charge in [0.15, 0.2) is 0 Å². The molecular formula is C15H14ClN4O4S+. The van der Waals surface area contributed by atoms with Crippen LogP contribution in [0.15, 0.2) is 39.0 Å². The van der Waals surface area contributed by atoms with Gasteiger partial charge in [0.25, 0.3) is 11.2 Å². The molecular weight excluding hydrogens is 368 g/mol. The molecule has 3 rings (SSSR count). The van der Waals surface area contributed by atoms with Gasteiger partial charge in [0.2, 0.25) is 0 Å². The molecule has 0 unspecified atom stereocenters. The molecule has 0 radical (unpaired) electrons. The molecule has 8 nitrogen and oxygen atoms in total. The second kappa shape index (κ2) is 6.77. The van der Waals surface area contributed by atoms with Crippen LogP contribution in [0.3, 0.4) is 0 Å². The number of aliphatic carboxylic acids is 1. The van der Waals surface area contributed by atoms with Gasteiger partial charge in [0, 0.05) is 12.1 Å². The van der Waals surface area contributed by atoms with Crippen LogP contribution in [-0.4, -0.2) is 31.4 Å². The Hall–Kier alpha value is -2.52. The summed E-state index contributed by atoms with van der Waals surface area (Å²) >= 11 is 6.93. The predicted octanol–water partition coefficient (Wildman–Crippen LogP) is 0.721. The van der Waals surface area contributed by atoms with Crippen molar-refractivity contribution in [3.05, 3.63) is 55.7 Å². The number of rotatable bonds is 5. The topological polar surface area (TPSA) is 112 Å². The highest BCUT2D eigenvalue weighted by Gasteiger charge is 2.25. The number of hydrogen-bond donors (Lipinski definition) is 3. The van der Waals surface area contributed by atoms with Gasteiger partial charge in [-0.2, -0.15) is 0 Å². The summed E-state index contributed by atoms with van der Waals surface area (Å²) in [5.41, 5.74) is 0.388. The number of carbonyl (C=O) groups is 1. The standard InChI is InChI=1S/C15H13ClN4O4S/c1-19-12-11(13(23)18-14(19)24)20(15(17-12)25-7-10(21)22)6-8-2-4-9(16)5-3-8/h2-5H,6-7H2,1H3,(H2,18,21,22,23,24)/p+1. The summed E-state index contributed by atoms with van der Waals surface area (Å²) in [5, 5.41) is 9.99. The number of H-pyrrole nitrogens is 2. The highest BCUT2D eigenvalue weighted by Crippen LogP contribution is 2.16. The lowest BCUT2D eigenvalue weighted by atomic mass is 10.2. The Morgan fingerprint density at radius 2 is 1.96 bits per heavy atom. The van der Waals surface area contributed by atoms with E-state index in [9.17, 15) is 14.4 Å². The summed E-state index contributed by atoms with van der Waals surface area (Å²) in [5.74, 6) is -1.16. The van der Waals surface area contributed by atoms with Crippen LogP contribution in [0.5, 0.6) is 0 Å². The zero-order valence-electron chi connectivity index (χ0n) is 13.1. The third-order valence-corrected chi connectivity index (χ3v) is 4.87. The third-order valence-electron chi connectivity index (χ3n) is 3.63. The molecule has 1 aromatic carbocycles. The molecule has 3 aromatic rings. The zero-order chi connectivity index (χ0) is 18.1. The van der Waals surface area contributed by atoms with Gasteiger partial charge in [-0.3, -0.25) is 19.1 Å². The van der Waals surface area contributed by atoms with E-state index < -0.39 is 17.2 Å². The Kier molecular flexibility index (Phi) is 4.69. The van der Waals surface area contributed by atoms with Gasteiger partial charge in [-0.15, -0.1) is 0 Å². The second-order valence-corrected chi connectivity index (χ2v) is 6.74. The van der Waals surface area contributed by atoms with Gasteiger partial charge in [-0.1, -0.05) is 23.7 Å². The largest absolute Gasteiger partial charge is 0.481 e. The fourth-order valence-electron chi connectivity index (χ4n) is 2.44. The summed E-state index contributed by atoms with van der Waals surface area (Å²) in [6.07, 6.45) is 0. The normalized spacial score (nSPS) is 11.1. The van der Waals surface area contributed by atoms with Gasteiger partial charge in [-0.25, -0.2) is 14.3 Å². The van der Waals surface area contributed by atoms with Crippen LogP contribution < -0.4 is 15.8 Å². The molecule has 2 aromatic heterocycles. The minimum Gasteiger partial charge on any atom is -0.481 e. The predicted molar refractivity (Wildman–Crippen MR) is 93.3 cm³/mol. The summed E-state index contributed by atoms with van der Waals surface area (Å²) in [6.45, 7) is 0.320. The molecule has 10 heteroatoms. The molecule has 130 valence electrons. The number of hydrogen-bond acceptors (Lipinski definition) is 4. The lowest BCUT2D eigenvalue weighted by Crippen LogP contribution is -2.41. The van der Waals surface area contributed by atoms with E-state index in [0.29, 0.717) is 22.4 Å². The number of benzene rings is 1. The zero-order valence-corrected chi connectivity index (χ0v) is 14.6. The fraction of sp³-hybridized carbons (Fsp3) is 0.200. The number of aryl methyl sites for hydroxylation is 1. The average molecular weight is 382 g/mol. The SMILES string of the molecule is Cn1c(=O)[nH]c(=O)c2c1[nH]c(SCC(=O)O)[n+]2Cc1ccc(Cl)cc1. The Balaban J connectivity index is 2.18. The maximum atomic E-state index is 12.3. The second-order valence-electron chi connectivity index (χ2n) is 5.34. The van der Waals surface area contributed by atoms with Crippen LogP contribution in [0, 0.1) is 0 Å². The van der Waals surface area contributed by atoms with E-state index in [1.807, 2.05) is 12.1 Å². The van der Waals surface area contributed by atoms with Gasteiger partial charge in [0.1, 0.15) is 12.3 Å². The number of fused-ring (bicyclic) bond motifs is 1. The van der Waals surface area contributed by atoms with E-state index in [1.54, 1.807) is 16.7 Å². The van der Waals surface area contributed by atoms with Crippen molar-refractivity contribution in [2.45, 2.75) is 11.7 Å². The Morgan fingerprint density at radius 1 is 1.28 bits per heavy atom. The third kappa shape index (κ3) is 3.47. The van der Waals surface area contributed by atoms with Crippen LogP contribution in [0.4, 0.5) is 0 Å². The van der Waals surface area contributed by atoms with E-state index in [2.05, 4.69) is 9.97 Å². The highest BCUT2D eigenvalue weighted by molar-refractivity contribution is 7.99. The summed E-state index contributed by atoms with van der Waals surface area (Å²) < 4.78 is 2.93. The highest BCUT2D eigenvalue weighted by atomic mass is 35.5. The van der Waals surface area contributed by atoms with Gasteiger partial charge < -0.3 is 5.11 Å². The molecule has 25 heavy (non-hydrogen) atoms. The number of aromatic nitrogens is 4. The summed E-state index contributed by atoms with van der Waals surface area (Å²) in [7, 11) is 1.52. The maximum Gasteiger partial charge on any atom is 0.331 e. The minimum atomic E-state index is -0.982. The molecule has 0 fully saturated rings. The molecule has 0 saturated carbocycles. The lowest BCUT2D eigenvalue weighted by Gasteiger charge is -2.02. The van der Waals surface area contributed by atoms with Crippen molar-refractivity contribution in [1.82, 2.24) is 14.5 Å². The van der Waals surface area contributed by atoms with Crippen molar-refractivity contribution in [1.29, 1.82) is 0 Å². The number of carboxylic acids is 1. The Bertz CT molecular complexity index is 1070. The van der Waals surface area contributed by atoms with Crippen molar-refractivity contribution in [2.75, 3.05) is 5.75 Å². The first-order valence-corrected chi connectivity index (χ1v) is 8.57. The number of halogens is 1. The van der Waals surface area contributed by atoms with Crippen molar-refractivity contribution in [3.63, 3.8) is 0 Å². The van der Waals surface area contributed by atoms with Crippen molar-refractivity contribution >= 4 is 40.5 Å². The van der Waals surface area contributed by atoms with Crippen LogP contribution in [0.1, 0.15) is 5.56 Å². The fourth-order valence-corrected chi connectivity index (χ4v) is 3.31. The summed E-state index contributed by atoms with van der Waals surface area (Å²) in [4.78, 5) is 40.3. The molecule has 0 spiro atoms. The van der Waals surface area contributed by atoms with E-state index in [-0.39, 0.29) is 11.3 Å². The minimum absolute atomic E-state index is 0.181.